The van der Waals surface area contributed by atoms with Gasteiger partial charge in [-0.15, -0.1) is 0 Å². The molecule has 0 saturated heterocycles. The van der Waals surface area contributed by atoms with Crippen LogP contribution in [0.3, 0.4) is 0 Å². The Morgan fingerprint density at radius 3 is 2.28 bits per heavy atom. The minimum Gasteiger partial charge on any atom is -0.544 e. The monoisotopic (exact) mass is 539 g/mol. The van der Waals surface area contributed by atoms with Crippen molar-refractivity contribution in [2.24, 2.45) is 35.5 Å². The van der Waals surface area contributed by atoms with Crippen LogP contribution < -0.4 is 9.84 Å². The molecule has 0 aromatic heterocycles. The van der Waals surface area contributed by atoms with Crippen molar-refractivity contribution in [1.82, 2.24) is 0 Å². The summed E-state index contributed by atoms with van der Waals surface area (Å²) in [6.07, 6.45) is 2.67. The number of hydrogen-bond acceptors (Lipinski definition) is 7. The van der Waals surface area contributed by atoms with E-state index < -0.39 is 35.7 Å². The van der Waals surface area contributed by atoms with Crippen molar-refractivity contribution >= 4 is 18.1 Å². The third-order valence-electron chi connectivity index (χ3n) is 9.60. The van der Waals surface area contributed by atoms with Gasteiger partial charge in [0.05, 0.1) is 5.56 Å². The molecule has 2 aromatic carbocycles. The van der Waals surface area contributed by atoms with E-state index in [9.17, 15) is 28.3 Å². The Balaban J connectivity index is 1.09. The summed E-state index contributed by atoms with van der Waals surface area (Å²) in [6, 6.07) is 12.0. The lowest BCUT2D eigenvalue weighted by molar-refractivity contribution is -0.336. The van der Waals surface area contributed by atoms with E-state index in [1.165, 1.54) is 67.8 Å². The highest BCUT2D eigenvalue weighted by atomic mass is 19.3. The number of carbonyl (C=O) groups is 3. The quantitative estimate of drug-likeness (QED) is 0.279. The number of hydrogen-bond donors (Lipinski definition) is 0. The van der Waals surface area contributed by atoms with Gasteiger partial charge in [-0.05, 0) is 98.4 Å². The maximum Gasteiger partial charge on any atom is 0.514 e. The van der Waals surface area contributed by atoms with Crippen molar-refractivity contribution in [3.05, 3.63) is 65.7 Å². The molecule has 4 bridgehead atoms. The molecule has 4 aliphatic rings. The summed E-state index contributed by atoms with van der Waals surface area (Å²) in [7, 11) is 0. The van der Waals surface area contributed by atoms with E-state index in [0.717, 1.165) is 30.6 Å². The minimum absolute atomic E-state index is 0.112. The average molecular weight is 540 g/mol. The fourth-order valence-electron chi connectivity index (χ4n) is 8.21. The summed E-state index contributed by atoms with van der Waals surface area (Å²) in [5.74, 6) is -4.23. The smallest absolute Gasteiger partial charge is 0.514 e. The first-order chi connectivity index (χ1) is 18.6. The Morgan fingerprint density at radius 2 is 1.62 bits per heavy atom. The Morgan fingerprint density at radius 1 is 0.949 bits per heavy atom. The zero-order valence-corrected chi connectivity index (χ0v) is 21.4. The topological polar surface area (TPSA) is 102 Å². The number of ether oxygens (including phenoxy) is 3. The van der Waals surface area contributed by atoms with E-state index in [1.54, 1.807) is 6.07 Å². The second-order valence-corrected chi connectivity index (χ2v) is 11.7. The van der Waals surface area contributed by atoms with E-state index >= 15 is 0 Å². The molecule has 8 unspecified atom stereocenters. The van der Waals surface area contributed by atoms with Crippen molar-refractivity contribution in [2.45, 2.75) is 56.7 Å². The van der Waals surface area contributed by atoms with Crippen LogP contribution in [0.2, 0.25) is 0 Å². The number of benzene rings is 2. The van der Waals surface area contributed by atoms with Crippen LogP contribution in [0, 0.1) is 35.5 Å². The molecule has 0 aliphatic heterocycles. The highest BCUT2D eigenvalue weighted by Crippen LogP contribution is 2.70. The largest absolute Gasteiger partial charge is 0.544 e. The maximum absolute atomic E-state index is 14.3. The van der Waals surface area contributed by atoms with Gasteiger partial charge in [0, 0.05) is 5.92 Å². The second kappa shape index (κ2) is 9.31. The number of alkyl halides is 2. The number of esters is 1. The molecule has 8 atom stereocenters. The lowest BCUT2D eigenvalue weighted by Gasteiger charge is -2.43. The summed E-state index contributed by atoms with van der Waals surface area (Å²) in [5, 5.41) is 11.1. The molecule has 9 heteroatoms. The van der Waals surface area contributed by atoms with Crippen molar-refractivity contribution in [3.8, 4) is 5.75 Å². The van der Waals surface area contributed by atoms with Gasteiger partial charge in [0.25, 0.3) is 0 Å². The molecule has 0 heterocycles. The first-order valence-corrected chi connectivity index (χ1v) is 13.4. The molecule has 4 aliphatic carbocycles. The van der Waals surface area contributed by atoms with Gasteiger partial charge in [-0.2, -0.15) is 8.78 Å². The molecule has 206 valence electrons. The van der Waals surface area contributed by atoms with Crippen LogP contribution in [-0.4, -0.2) is 29.6 Å². The SMILES string of the molecule is CC1(OC(=O)Oc2ccc(C(=O)OC(c3ccccc3)C(F)(F)C(=O)[O-])cc2)CC2CC1C1C3CCC(C3)C21. The molecule has 39 heavy (non-hydrogen) atoms. The van der Waals surface area contributed by atoms with Crippen molar-refractivity contribution < 1.29 is 42.5 Å². The Hall–Kier alpha value is -3.49. The number of carboxylic acid groups (broad SMARTS) is 1. The van der Waals surface area contributed by atoms with Crippen molar-refractivity contribution in [2.75, 3.05) is 0 Å². The second-order valence-electron chi connectivity index (χ2n) is 11.7. The summed E-state index contributed by atoms with van der Waals surface area (Å²) >= 11 is 0. The van der Waals surface area contributed by atoms with Crippen LogP contribution in [0.1, 0.15) is 61.1 Å². The van der Waals surface area contributed by atoms with E-state index in [1.807, 2.05) is 6.92 Å². The summed E-state index contributed by atoms with van der Waals surface area (Å²) in [6.45, 7) is 2.01. The standard InChI is InChI=1S/C30H30F2O7/c1-29(15-20-14-22(29)24-19-8-7-18(13-19)23(20)24)39-28(36)37-21-11-9-17(10-12-21)26(33)38-25(30(31,32)27(34)35)16-5-3-2-4-6-16/h2-6,9-12,18-20,22-25H,7-8,13-15H2,1H3,(H,34,35)/p-1. The maximum atomic E-state index is 14.3. The number of fused-ring (bicyclic) bond motifs is 9. The van der Waals surface area contributed by atoms with Gasteiger partial charge >= 0.3 is 18.0 Å². The molecule has 0 spiro atoms. The predicted octanol–water partition coefficient (Wildman–Crippen LogP) is 4.95. The normalized spacial score (nSPS) is 32.9. The molecule has 0 N–H and O–H groups in total. The third-order valence-corrected chi connectivity index (χ3v) is 9.60. The molecule has 0 radical (unpaired) electrons. The summed E-state index contributed by atoms with van der Waals surface area (Å²) in [4.78, 5) is 36.4. The fraction of sp³-hybridized carbons (Fsp3) is 0.500. The number of halogens is 2. The molecule has 4 saturated carbocycles. The third kappa shape index (κ3) is 4.36. The van der Waals surface area contributed by atoms with Crippen LogP contribution in [0.15, 0.2) is 54.6 Å². The first kappa shape index (κ1) is 25.8. The Labute approximate surface area is 224 Å². The number of aliphatic carboxylic acids is 1. The highest BCUT2D eigenvalue weighted by Gasteiger charge is 2.67. The zero-order chi connectivity index (χ0) is 27.5. The van der Waals surface area contributed by atoms with E-state index in [2.05, 4.69) is 0 Å². The fourth-order valence-corrected chi connectivity index (χ4v) is 8.21. The summed E-state index contributed by atoms with van der Waals surface area (Å²) < 4.78 is 44.9. The Bertz CT molecular complexity index is 1280. The molecule has 7 nitrogen and oxygen atoms in total. The summed E-state index contributed by atoms with van der Waals surface area (Å²) in [5.41, 5.74) is -0.893. The van der Waals surface area contributed by atoms with E-state index in [0.29, 0.717) is 17.8 Å². The van der Waals surface area contributed by atoms with E-state index in [4.69, 9.17) is 14.2 Å². The lowest BCUT2D eigenvalue weighted by Crippen LogP contribution is -2.47. The molecular formula is C30H29F2O7-. The van der Waals surface area contributed by atoms with Crippen molar-refractivity contribution in [1.29, 1.82) is 0 Å². The predicted molar refractivity (Wildman–Crippen MR) is 131 cm³/mol. The number of carboxylic acids is 1. The average Bonchev–Trinajstić information content (AvgIpc) is 3.67. The molecule has 6 rings (SSSR count). The van der Waals surface area contributed by atoms with Crippen LogP contribution in [0.4, 0.5) is 13.6 Å². The Kier molecular flexibility index (Phi) is 6.15. The van der Waals surface area contributed by atoms with Gasteiger partial charge in [0.15, 0.2) is 6.10 Å². The van der Waals surface area contributed by atoms with Crippen LogP contribution in [0.25, 0.3) is 0 Å². The lowest BCUT2D eigenvalue weighted by atomic mass is 9.66. The van der Waals surface area contributed by atoms with Crippen molar-refractivity contribution in [3.63, 3.8) is 0 Å². The minimum atomic E-state index is -4.46. The molecule has 2 aromatic rings. The van der Waals surface area contributed by atoms with Crippen LogP contribution >= 0.6 is 0 Å². The van der Waals surface area contributed by atoms with Gasteiger partial charge < -0.3 is 24.1 Å². The van der Waals surface area contributed by atoms with Crippen LogP contribution in [0.5, 0.6) is 5.75 Å². The first-order valence-electron chi connectivity index (χ1n) is 13.4. The molecular weight excluding hydrogens is 510 g/mol. The highest BCUT2D eigenvalue weighted by molar-refractivity contribution is 5.90. The van der Waals surface area contributed by atoms with Gasteiger partial charge in [-0.1, -0.05) is 30.3 Å². The zero-order valence-electron chi connectivity index (χ0n) is 21.4. The number of carbonyl (C=O) groups excluding carboxylic acids is 3. The molecule has 4 fully saturated rings. The van der Waals surface area contributed by atoms with Gasteiger partial charge in [0.2, 0.25) is 0 Å². The van der Waals surface area contributed by atoms with Gasteiger partial charge in [-0.25, -0.2) is 9.59 Å². The molecule has 0 amide bonds. The van der Waals surface area contributed by atoms with Crippen LogP contribution in [-0.2, 0) is 14.3 Å². The van der Waals surface area contributed by atoms with Gasteiger partial charge in [0.1, 0.15) is 17.3 Å². The van der Waals surface area contributed by atoms with E-state index in [-0.39, 0.29) is 16.9 Å². The van der Waals surface area contributed by atoms with Gasteiger partial charge in [-0.3, -0.25) is 0 Å². The number of rotatable bonds is 7.